The van der Waals surface area contributed by atoms with Crippen LogP contribution in [0.2, 0.25) is 20.1 Å². The molecule has 6 aromatic carbocycles. The van der Waals surface area contributed by atoms with E-state index in [0.29, 0.717) is 146 Å². The standard InChI is InChI=1S/C78H96Cl4N10O8/c1-13-99-65-49-57(73(3,4)5)23-33-63(65)69-85-75(9,53-15-25-59(79)26-16-53)77(11,55-19-29-61(81)30-20-55)91(69)71(95)89-41-37-87(38-42-89)51-67(93)83-35-45-97-47-48-98-46-36-84-68(94)52-88-39-43-90(44-40-88)72(96)92-70(64-34-24-58(74(6,7)8)50-66(64)100-14-2)86-76(10,54-17-27-60(80)28-18-54)78(92,12)56-21-31-62(82)32-22-56/h15-34,49-50H,13-14,35-48,51-52H2,1-12H3,(H,83,93)(H,84,94)/t75-,76+,77+,78-. The van der Waals surface area contributed by atoms with E-state index < -0.39 is 22.2 Å². The van der Waals surface area contributed by atoms with E-state index in [0.717, 1.165) is 33.4 Å². The first-order valence-corrected chi connectivity index (χ1v) is 36.2. The number of aliphatic imine (C=N–C) groups is 2. The van der Waals surface area contributed by atoms with Crippen LogP contribution in [0.5, 0.6) is 11.5 Å². The van der Waals surface area contributed by atoms with E-state index >= 15 is 9.59 Å². The zero-order valence-corrected chi connectivity index (χ0v) is 62.8. The fraction of sp³-hybridized carbons (Fsp3) is 0.462. The third-order valence-corrected chi connectivity index (χ3v) is 21.2. The summed E-state index contributed by atoms with van der Waals surface area (Å²) in [7, 11) is 0. The zero-order chi connectivity index (χ0) is 72.0. The number of ether oxygens (including phenoxy) is 4. The number of amides is 6. The highest BCUT2D eigenvalue weighted by Gasteiger charge is 2.62. The Morgan fingerprint density at radius 1 is 0.440 bits per heavy atom. The van der Waals surface area contributed by atoms with E-state index in [4.69, 9.17) is 75.3 Å². The maximum absolute atomic E-state index is 15.6. The van der Waals surface area contributed by atoms with Crippen LogP contribution in [0.15, 0.2) is 143 Å². The molecule has 100 heavy (non-hydrogen) atoms. The summed E-state index contributed by atoms with van der Waals surface area (Å²) in [6.07, 6.45) is 0. The quantitative estimate of drug-likeness (QED) is 0.0588. The van der Waals surface area contributed by atoms with Gasteiger partial charge in [-0.2, -0.15) is 0 Å². The van der Waals surface area contributed by atoms with Gasteiger partial charge < -0.3 is 39.4 Å². The van der Waals surface area contributed by atoms with Crippen LogP contribution in [0.25, 0.3) is 0 Å². The van der Waals surface area contributed by atoms with Gasteiger partial charge in [0, 0.05) is 85.5 Å². The number of amidine groups is 2. The van der Waals surface area contributed by atoms with Crippen molar-refractivity contribution in [3.63, 3.8) is 0 Å². The second-order valence-corrected chi connectivity index (χ2v) is 30.4. The van der Waals surface area contributed by atoms with Gasteiger partial charge >= 0.3 is 12.1 Å². The van der Waals surface area contributed by atoms with E-state index in [1.165, 1.54) is 0 Å². The summed E-state index contributed by atoms with van der Waals surface area (Å²) in [6, 6.07) is 42.4. The molecule has 4 atom stereocenters. The van der Waals surface area contributed by atoms with Crippen LogP contribution in [0.1, 0.15) is 128 Å². The normalized spacial score (nSPS) is 21.4. The monoisotopic (exact) mass is 1440 g/mol. The maximum atomic E-state index is 15.6. The zero-order valence-electron chi connectivity index (χ0n) is 59.8. The number of nitrogens with one attached hydrogen (secondary N) is 2. The number of carbonyl (C=O) groups is 4. The highest BCUT2D eigenvalue weighted by Crippen LogP contribution is 2.56. The first-order valence-electron chi connectivity index (χ1n) is 34.6. The van der Waals surface area contributed by atoms with Crippen molar-refractivity contribution < 1.29 is 38.1 Å². The highest BCUT2D eigenvalue weighted by molar-refractivity contribution is 6.31. The molecule has 0 aliphatic carbocycles. The van der Waals surface area contributed by atoms with Crippen LogP contribution in [0.4, 0.5) is 9.59 Å². The Balaban J connectivity index is 0.678. The Labute approximate surface area is 610 Å². The maximum Gasteiger partial charge on any atom is 0.326 e. The van der Waals surface area contributed by atoms with Crippen molar-refractivity contribution >= 4 is 82.0 Å². The predicted octanol–water partition coefficient (Wildman–Crippen LogP) is 13.9. The van der Waals surface area contributed by atoms with Gasteiger partial charge in [-0.3, -0.25) is 39.2 Å². The number of piperazine rings is 2. The minimum Gasteiger partial charge on any atom is -0.493 e. The fourth-order valence-corrected chi connectivity index (χ4v) is 14.4. The number of hydrogen-bond acceptors (Lipinski definition) is 12. The number of nitrogens with zero attached hydrogens (tertiary/aromatic N) is 8. The lowest BCUT2D eigenvalue weighted by Crippen LogP contribution is -2.61. The molecule has 2 fully saturated rings. The van der Waals surface area contributed by atoms with Gasteiger partial charge in [-0.25, -0.2) is 9.59 Å². The largest absolute Gasteiger partial charge is 0.493 e. The van der Waals surface area contributed by atoms with Crippen LogP contribution in [-0.2, 0) is 52.0 Å². The van der Waals surface area contributed by atoms with Crippen LogP contribution in [0, 0.1) is 0 Å². The Hall–Kier alpha value is -7.26. The number of carbonyl (C=O) groups excluding carboxylic acids is 4. The van der Waals surface area contributed by atoms with E-state index in [-0.39, 0.29) is 61.0 Å². The molecule has 22 heteroatoms. The molecule has 4 heterocycles. The number of halogens is 4. The number of benzene rings is 6. The Kier molecular flexibility index (Phi) is 23.8. The topological polar surface area (TPSA) is 173 Å². The first-order chi connectivity index (χ1) is 47.5. The number of rotatable bonds is 23. The molecule has 4 aliphatic heterocycles. The van der Waals surface area contributed by atoms with Gasteiger partial charge in [0.15, 0.2) is 0 Å². The molecular weight excluding hydrogens is 1350 g/mol. The summed E-state index contributed by atoms with van der Waals surface area (Å²) >= 11 is 26.0. The van der Waals surface area contributed by atoms with Gasteiger partial charge in [-0.15, -0.1) is 0 Å². The third-order valence-electron chi connectivity index (χ3n) is 20.2. The van der Waals surface area contributed by atoms with E-state index in [1.807, 2.05) is 152 Å². The summed E-state index contributed by atoms with van der Waals surface area (Å²) in [5.41, 5.74) is 2.49. The molecule has 6 amide bonds. The van der Waals surface area contributed by atoms with Crippen molar-refractivity contribution in [2.45, 2.75) is 116 Å². The molecule has 0 unspecified atom stereocenters. The smallest absolute Gasteiger partial charge is 0.326 e. The van der Waals surface area contributed by atoms with Gasteiger partial charge in [0.25, 0.3) is 0 Å². The lowest BCUT2D eigenvalue weighted by molar-refractivity contribution is -0.123. The summed E-state index contributed by atoms with van der Waals surface area (Å²) in [5.74, 6) is 1.95. The van der Waals surface area contributed by atoms with Crippen molar-refractivity contribution in [1.29, 1.82) is 0 Å². The second-order valence-electron chi connectivity index (χ2n) is 28.7. The van der Waals surface area contributed by atoms with Crippen LogP contribution in [0.3, 0.4) is 0 Å². The molecule has 0 spiro atoms. The Morgan fingerprint density at radius 2 is 0.750 bits per heavy atom. The van der Waals surface area contributed by atoms with Crippen LogP contribution in [-0.4, -0.2) is 183 Å². The van der Waals surface area contributed by atoms with Crippen molar-refractivity contribution in [1.82, 2.24) is 40.0 Å². The van der Waals surface area contributed by atoms with Gasteiger partial charge in [-0.1, -0.05) is 149 Å². The first kappa shape index (κ1) is 75.4. The van der Waals surface area contributed by atoms with Crippen molar-refractivity contribution in [3.8, 4) is 11.5 Å². The highest BCUT2D eigenvalue weighted by atomic mass is 35.5. The van der Waals surface area contributed by atoms with E-state index in [9.17, 15) is 9.59 Å². The molecule has 0 bridgehead atoms. The second kappa shape index (κ2) is 31.5. The number of hydrogen-bond donors (Lipinski definition) is 2. The average molecular weight is 1440 g/mol. The summed E-state index contributed by atoms with van der Waals surface area (Å²) in [6.45, 7) is 31.5. The molecule has 0 aromatic heterocycles. The summed E-state index contributed by atoms with van der Waals surface area (Å²) in [4.78, 5) is 80.4. The fourth-order valence-electron chi connectivity index (χ4n) is 13.9. The molecule has 4 aliphatic rings. The molecule has 2 N–H and O–H groups in total. The summed E-state index contributed by atoms with van der Waals surface area (Å²) in [5, 5.41) is 8.26. The molecule has 10 rings (SSSR count). The van der Waals surface area contributed by atoms with Gasteiger partial charge in [0.1, 0.15) is 45.3 Å². The van der Waals surface area contributed by atoms with E-state index in [1.54, 1.807) is 0 Å². The Bertz CT molecular complexity index is 3690. The summed E-state index contributed by atoms with van der Waals surface area (Å²) < 4.78 is 24.3. The van der Waals surface area contributed by atoms with Gasteiger partial charge in [0.2, 0.25) is 11.8 Å². The Morgan fingerprint density at radius 3 is 1.05 bits per heavy atom. The van der Waals surface area contributed by atoms with Crippen molar-refractivity contribution in [2.24, 2.45) is 9.98 Å². The minimum absolute atomic E-state index is 0.145. The minimum atomic E-state index is -1.08. The van der Waals surface area contributed by atoms with Gasteiger partial charge in [-0.05, 0) is 159 Å². The molecule has 534 valence electrons. The third kappa shape index (κ3) is 16.0. The SMILES string of the molecule is CCOc1cc(C(C)(C)C)ccc1C1=N[C@@](C)(c2ccc(Cl)cc2)[C@@](C)(c2ccc(Cl)cc2)N1C(=O)N1CCN(CC(=O)NCCOCCOCCNC(=O)CN2CCN(C(=O)N3C(c4ccc(C(C)(C)C)cc4OCC)=N[C@](C)(c4ccc(Cl)cc4)[C@]3(C)c3ccc(Cl)cc3)CC2)CC1. The molecular formula is C78H96Cl4N10O8. The lowest BCUT2D eigenvalue weighted by atomic mass is 9.71. The van der Waals surface area contributed by atoms with Crippen molar-refractivity contribution in [2.75, 3.05) is 118 Å². The van der Waals surface area contributed by atoms with Crippen LogP contribution >= 0.6 is 46.4 Å². The van der Waals surface area contributed by atoms with Crippen LogP contribution < -0.4 is 20.1 Å². The molecule has 2 saturated heterocycles. The lowest BCUT2D eigenvalue weighted by Gasteiger charge is -2.47. The predicted molar refractivity (Wildman–Crippen MR) is 399 cm³/mol. The molecule has 0 saturated carbocycles. The van der Waals surface area contributed by atoms with Gasteiger partial charge in [0.05, 0.1) is 63.9 Å². The van der Waals surface area contributed by atoms with E-state index in [2.05, 4.69) is 104 Å². The molecule has 18 nitrogen and oxygen atoms in total. The molecule has 0 radical (unpaired) electrons. The molecule has 6 aromatic rings. The number of urea groups is 2. The average Bonchev–Trinajstić information content (AvgIpc) is 1.54. The van der Waals surface area contributed by atoms with Crippen molar-refractivity contribution in [3.05, 3.63) is 198 Å².